The van der Waals surface area contributed by atoms with Crippen LogP contribution in [0.5, 0.6) is 0 Å². The maximum atomic E-state index is 5.63. The SMILES string of the molecule is CNC(C)Cc1noc(-c2cc(-c3ccc(C)cc3)nc3c2cnn3C(C)C)n1. The van der Waals surface area contributed by atoms with Crippen molar-refractivity contribution in [2.24, 2.45) is 0 Å². The van der Waals surface area contributed by atoms with E-state index in [9.17, 15) is 0 Å². The third-order valence-electron chi connectivity index (χ3n) is 5.08. The van der Waals surface area contributed by atoms with Gasteiger partial charge in [0.2, 0.25) is 0 Å². The smallest absolute Gasteiger partial charge is 0.258 e. The van der Waals surface area contributed by atoms with Gasteiger partial charge in [0, 0.05) is 24.1 Å². The summed E-state index contributed by atoms with van der Waals surface area (Å²) in [7, 11) is 1.92. The molecule has 1 atom stereocenters. The summed E-state index contributed by atoms with van der Waals surface area (Å²) >= 11 is 0. The first-order valence-electron chi connectivity index (χ1n) is 9.91. The van der Waals surface area contributed by atoms with Gasteiger partial charge in [0.1, 0.15) is 0 Å². The summed E-state index contributed by atoms with van der Waals surface area (Å²) in [5, 5.41) is 12.8. The molecule has 0 bridgehead atoms. The van der Waals surface area contributed by atoms with Gasteiger partial charge < -0.3 is 9.84 Å². The second-order valence-corrected chi connectivity index (χ2v) is 7.75. The van der Waals surface area contributed by atoms with Gasteiger partial charge in [-0.15, -0.1) is 0 Å². The molecule has 3 heterocycles. The highest BCUT2D eigenvalue weighted by Crippen LogP contribution is 2.32. The van der Waals surface area contributed by atoms with Gasteiger partial charge in [-0.1, -0.05) is 35.0 Å². The van der Waals surface area contributed by atoms with E-state index < -0.39 is 0 Å². The molecule has 150 valence electrons. The molecule has 0 saturated carbocycles. The summed E-state index contributed by atoms with van der Waals surface area (Å²) in [6.07, 6.45) is 2.53. The Labute approximate surface area is 170 Å². The molecule has 0 aliphatic carbocycles. The topological polar surface area (TPSA) is 81.7 Å². The Morgan fingerprint density at radius 2 is 1.86 bits per heavy atom. The molecule has 0 amide bonds. The van der Waals surface area contributed by atoms with Gasteiger partial charge in [0.25, 0.3) is 5.89 Å². The van der Waals surface area contributed by atoms with E-state index in [2.05, 4.69) is 72.5 Å². The van der Waals surface area contributed by atoms with E-state index in [-0.39, 0.29) is 12.1 Å². The van der Waals surface area contributed by atoms with Gasteiger partial charge in [0.05, 0.1) is 22.8 Å². The van der Waals surface area contributed by atoms with Crippen LogP contribution >= 0.6 is 0 Å². The zero-order valence-electron chi connectivity index (χ0n) is 17.5. The van der Waals surface area contributed by atoms with Crippen LogP contribution in [0.25, 0.3) is 33.7 Å². The normalized spacial score (nSPS) is 12.8. The molecule has 0 aliphatic rings. The molecule has 4 aromatic rings. The Bertz CT molecular complexity index is 1130. The van der Waals surface area contributed by atoms with Gasteiger partial charge in [0.15, 0.2) is 11.5 Å². The van der Waals surface area contributed by atoms with Crippen LogP contribution in [0.3, 0.4) is 0 Å². The molecule has 1 aromatic carbocycles. The summed E-state index contributed by atoms with van der Waals surface area (Å²) < 4.78 is 7.56. The van der Waals surface area contributed by atoms with E-state index in [0.29, 0.717) is 18.1 Å². The molecule has 29 heavy (non-hydrogen) atoms. The first-order chi connectivity index (χ1) is 14.0. The molecule has 3 aromatic heterocycles. The lowest BCUT2D eigenvalue weighted by molar-refractivity contribution is 0.418. The lowest BCUT2D eigenvalue weighted by atomic mass is 10.1. The third kappa shape index (κ3) is 3.78. The number of hydrogen-bond acceptors (Lipinski definition) is 6. The van der Waals surface area contributed by atoms with Crippen LogP contribution in [0.4, 0.5) is 0 Å². The average molecular weight is 390 g/mol. The van der Waals surface area contributed by atoms with E-state index in [4.69, 9.17) is 9.51 Å². The fourth-order valence-corrected chi connectivity index (χ4v) is 3.27. The predicted molar refractivity (Wildman–Crippen MR) is 114 cm³/mol. The Hall–Kier alpha value is -3.06. The number of benzene rings is 1. The molecule has 7 heteroatoms. The number of fused-ring (bicyclic) bond motifs is 1. The number of nitrogens with one attached hydrogen (secondary N) is 1. The fourth-order valence-electron chi connectivity index (χ4n) is 3.27. The number of likely N-dealkylation sites (N-methyl/N-ethyl adjacent to an activating group) is 1. The van der Waals surface area contributed by atoms with Crippen LogP contribution in [0.15, 0.2) is 41.1 Å². The Morgan fingerprint density at radius 3 is 2.55 bits per heavy atom. The number of hydrogen-bond donors (Lipinski definition) is 1. The highest BCUT2D eigenvalue weighted by atomic mass is 16.5. The molecule has 1 N–H and O–H groups in total. The maximum absolute atomic E-state index is 5.63. The van der Waals surface area contributed by atoms with Crippen LogP contribution in [-0.2, 0) is 6.42 Å². The van der Waals surface area contributed by atoms with Gasteiger partial charge >= 0.3 is 0 Å². The minimum atomic E-state index is 0.191. The summed E-state index contributed by atoms with van der Waals surface area (Å²) in [6.45, 7) is 8.35. The van der Waals surface area contributed by atoms with Crippen molar-refractivity contribution < 1.29 is 4.52 Å². The van der Waals surface area contributed by atoms with Crippen molar-refractivity contribution in [2.45, 2.75) is 46.2 Å². The van der Waals surface area contributed by atoms with Crippen LogP contribution in [-0.4, -0.2) is 38.0 Å². The zero-order valence-corrected chi connectivity index (χ0v) is 17.5. The van der Waals surface area contributed by atoms with E-state index in [1.807, 2.05) is 24.0 Å². The molecule has 7 nitrogen and oxygen atoms in total. The van der Waals surface area contributed by atoms with Crippen molar-refractivity contribution in [3.8, 4) is 22.7 Å². The summed E-state index contributed by atoms with van der Waals surface area (Å²) in [4.78, 5) is 9.55. The highest BCUT2D eigenvalue weighted by Gasteiger charge is 2.19. The fraction of sp³-hybridized carbons (Fsp3) is 0.364. The number of aryl methyl sites for hydroxylation is 1. The van der Waals surface area contributed by atoms with Crippen molar-refractivity contribution in [1.82, 2.24) is 30.2 Å². The standard InChI is InChI=1S/C22H26N6O/c1-13(2)28-21-18(12-24-28)17(22-26-20(27-29-22)10-15(4)23-5)11-19(25-21)16-8-6-14(3)7-9-16/h6-9,11-13,15,23H,10H2,1-5H3. The van der Waals surface area contributed by atoms with Crippen molar-refractivity contribution in [3.05, 3.63) is 47.9 Å². The van der Waals surface area contributed by atoms with E-state index in [1.54, 1.807) is 0 Å². The number of pyridine rings is 1. The maximum Gasteiger partial charge on any atom is 0.258 e. The van der Waals surface area contributed by atoms with Gasteiger partial charge in [-0.25, -0.2) is 9.67 Å². The largest absolute Gasteiger partial charge is 0.334 e. The van der Waals surface area contributed by atoms with Crippen molar-refractivity contribution in [1.29, 1.82) is 0 Å². The molecule has 0 saturated heterocycles. The van der Waals surface area contributed by atoms with Crippen molar-refractivity contribution in [3.63, 3.8) is 0 Å². The van der Waals surface area contributed by atoms with Crippen LogP contribution in [0.2, 0.25) is 0 Å². The lowest BCUT2D eigenvalue weighted by Crippen LogP contribution is -2.24. The van der Waals surface area contributed by atoms with Gasteiger partial charge in [-0.2, -0.15) is 10.1 Å². The zero-order chi connectivity index (χ0) is 20.5. The van der Waals surface area contributed by atoms with Crippen LogP contribution in [0, 0.1) is 6.92 Å². The molecule has 4 rings (SSSR count). The summed E-state index contributed by atoms with van der Waals surface area (Å²) in [5.41, 5.74) is 4.78. The van der Waals surface area contributed by atoms with Crippen molar-refractivity contribution >= 4 is 11.0 Å². The summed E-state index contributed by atoms with van der Waals surface area (Å²) in [5.74, 6) is 1.17. The predicted octanol–water partition coefficient (Wildman–Crippen LogP) is 4.19. The van der Waals surface area contributed by atoms with E-state index >= 15 is 0 Å². The highest BCUT2D eigenvalue weighted by molar-refractivity contribution is 5.92. The first-order valence-corrected chi connectivity index (χ1v) is 9.91. The van der Waals surface area contributed by atoms with Crippen LogP contribution < -0.4 is 5.32 Å². The molecule has 0 radical (unpaired) electrons. The van der Waals surface area contributed by atoms with E-state index in [1.165, 1.54) is 5.56 Å². The molecule has 1 unspecified atom stereocenters. The molecular weight excluding hydrogens is 364 g/mol. The minimum absolute atomic E-state index is 0.191. The van der Waals surface area contributed by atoms with Gasteiger partial charge in [-0.05, 0) is 40.8 Å². The minimum Gasteiger partial charge on any atom is -0.334 e. The number of nitrogens with zero attached hydrogens (tertiary/aromatic N) is 5. The molecule has 0 fully saturated rings. The first kappa shape index (κ1) is 19.3. The number of aromatic nitrogens is 5. The van der Waals surface area contributed by atoms with Crippen molar-refractivity contribution in [2.75, 3.05) is 7.05 Å². The van der Waals surface area contributed by atoms with E-state index in [0.717, 1.165) is 27.9 Å². The third-order valence-corrected chi connectivity index (χ3v) is 5.08. The summed E-state index contributed by atoms with van der Waals surface area (Å²) in [6, 6.07) is 10.8. The average Bonchev–Trinajstić information content (AvgIpc) is 3.34. The Balaban J connectivity index is 1.87. The molecule has 0 aliphatic heterocycles. The molecular formula is C22H26N6O. The monoisotopic (exact) mass is 390 g/mol. The Morgan fingerprint density at radius 1 is 1.10 bits per heavy atom. The van der Waals surface area contributed by atoms with Gasteiger partial charge in [-0.3, -0.25) is 0 Å². The quantitative estimate of drug-likeness (QED) is 0.532. The second-order valence-electron chi connectivity index (χ2n) is 7.75. The van der Waals surface area contributed by atoms with Crippen LogP contribution in [0.1, 0.15) is 38.2 Å². The second kappa shape index (κ2) is 7.75. The Kier molecular flexibility index (Phi) is 5.15. The molecule has 0 spiro atoms. The number of rotatable bonds is 6. The lowest BCUT2D eigenvalue weighted by Gasteiger charge is -2.09.